The fourth-order valence-corrected chi connectivity index (χ4v) is 2.07. The summed E-state index contributed by atoms with van der Waals surface area (Å²) in [6, 6.07) is 10.3. The third kappa shape index (κ3) is 4.42. The van der Waals surface area contributed by atoms with E-state index in [1.165, 1.54) is 24.3 Å². The van der Waals surface area contributed by atoms with Crippen LogP contribution in [0.2, 0.25) is 5.02 Å². The molecular weight excluding hydrogens is 342 g/mol. The molecule has 0 atom stereocenters. The fraction of sp³-hybridized carbons (Fsp3) is 0.125. The standard InChI is InChI=1S/C16H13ClF2N2O3/c1-9(11-4-2-3-5-14(11)24-16(18)19)20-21-13-8-10(15(22)23)6-7-12(13)17/h2-8,16,21H,1H3,(H,22,23)/b20-9-. The van der Waals surface area contributed by atoms with Crippen molar-refractivity contribution in [2.75, 3.05) is 5.43 Å². The normalized spacial score (nSPS) is 11.5. The Balaban J connectivity index is 2.27. The van der Waals surface area contributed by atoms with Crippen LogP contribution in [0.4, 0.5) is 14.5 Å². The van der Waals surface area contributed by atoms with Crippen molar-refractivity contribution in [2.45, 2.75) is 13.5 Å². The SMILES string of the molecule is C/C(=N/Nc1cc(C(=O)O)ccc1Cl)c1ccccc1OC(F)F. The van der Waals surface area contributed by atoms with E-state index in [9.17, 15) is 13.6 Å². The molecule has 0 bridgehead atoms. The summed E-state index contributed by atoms with van der Waals surface area (Å²) in [5.41, 5.74) is 3.69. The van der Waals surface area contributed by atoms with Crippen molar-refractivity contribution in [3.05, 3.63) is 58.6 Å². The number of benzene rings is 2. The fourth-order valence-electron chi connectivity index (χ4n) is 1.91. The van der Waals surface area contributed by atoms with Crippen LogP contribution in [0.15, 0.2) is 47.6 Å². The smallest absolute Gasteiger partial charge is 0.387 e. The van der Waals surface area contributed by atoms with Crippen molar-refractivity contribution < 1.29 is 23.4 Å². The molecule has 0 radical (unpaired) electrons. The van der Waals surface area contributed by atoms with Crippen molar-refractivity contribution in [3.8, 4) is 5.75 Å². The highest BCUT2D eigenvalue weighted by Gasteiger charge is 2.12. The second kappa shape index (κ2) is 7.74. The Kier molecular flexibility index (Phi) is 5.70. The van der Waals surface area contributed by atoms with Gasteiger partial charge in [-0.25, -0.2) is 4.79 Å². The predicted octanol–water partition coefficient (Wildman–Crippen LogP) is 4.48. The van der Waals surface area contributed by atoms with Gasteiger partial charge in [-0.1, -0.05) is 23.7 Å². The van der Waals surface area contributed by atoms with E-state index in [4.69, 9.17) is 16.7 Å². The molecule has 126 valence electrons. The molecule has 8 heteroatoms. The van der Waals surface area contributed by atoms with E-state index >= 15 is 0 Å². The van der Waals surface area contributed by atoms with Crippen LogP contribution in [0.25, 0.3) is 0 Å². The van der Waals surface area contributed by atoms with Gasteiger partial charge >= 0.3 is 12.6 Å². The number of para-hydroxylation sites is 1. The maximum absolute atomic E-state index is 12.4. The summed E-state index contributed by atoms with van der Waals surface area (Å²) in [6.45, 7) is -1.36. The maximum Gasteiger partial charge on any atom is 0.387 e. The Hall–Kier alpha value is -2.67. The molecule has 0 saturated carbocycles. The van der Waals surface area contributed by atoms with Crippen molar-refractivity contribution in [3.63, 3.8) is 0 Å². The number of hydrazone groups is 1. The Morgan fingerprint density at radius 1 is 1.29 bits per heavy atom. The third-order valence-electron chi connectivity index (χ3n) is 3.05. The van der Waals surface area contributed by atoms with Crippen LogP contribution in [0.3, 0.4) is 0 Å². The summed E-state index contributed by atoms with van der Waals surface area (Å²) in [5, 5.41) is 13.3. The van der Waals surface area contributed by atoms with E-state index in [1.807, 2.05) is 0 Å². The molecule has 2 rings (SSSR count). The van der Waals surface area contributed by atoms with Crippen LogP contribution in [0.5, 0.6) is 5.75 Å². The summed E-state index contributed by atoms with van der Waals surface area (Å²) in [4.78, 5) is 11.0. The average Bonchev–Trinajstić information content (AvgIpc) is 2.53. The van der Waals surface area contributed by atoms with Gasteiger partial charge in [-0.05, 0) is 37.3 Å². The zero-order valence-electron chi connectivity index (χ0n) is 12.5. The van der Waals surface area contributed by atoms with Gasteiger partial charge in [-0.15, -0.1) is 0 Å². The predicted molar refractivity (Wildman–Crippen MR) is 87.3 cm³/mol. The Labute approximate surface area is 141 Å². The van der Waals surface area contributed by atoms with Crippen LogP contribution < -0.4 is 10.2 Å². The maximum atomic E-state index is 12.4. The molecule has 0 amide bonds. The molecule has 0 unspecified atom stereocenters. The average molecular weight is 355 g/mol. The molecule has 5 nitrogen and oxygen atoms in total. The number of aromatic carboxylic acids is 1. The van der Waals surface area contributed by atoms with Gasteiger partial charge in [0.05, 0.1) is 22.0 Å². The first-order valence-corrected chi connectivity index (χ1v) is 7.13. The molecule has 0 aliphatic rings. The highest BCUT2D eigenvalue weighted by atomic mass is 35.5. The lowest BCUT2D eigenvalue weighted by atomic mass is 10.1. The highest BCUT2D eigenvalue weighted by Crippen LogP contribution is 2.24. The van der Waals surface area contributed by atoms with E-state index in [1.54, 1.807) is 25.1 Å². The number of carboxylic acids is 1. The van der Waals surface area contributed by atoms with Gasteiger partial charge in [0.15, 0.2) is 0 Å². The minimum atomic E-state index is -2.95. The number of hydrogen-bond acceptors (Lipinski definition) is 4. The van der Waals surface area contributed by atoms with Gasteiger partial charge in [0.25, 0.3) is 0 Å². The summed E-state index contributed by atoms with van der Waals surface area (Å²) < 4.78 is 29.3. The van der Waals surface area contributed by atoms with Crippen LogP contribution in [-0.2, 0) is 0 Å². The van der Waals surface area contributed by atoms with Gasteiger partial charge in [-0.3, -0.25) is 5.43 Å². The molecule has 0 saturated heterocycles. The third-order valence-corrected chi connectivity index (χ3v) is 3.38. The number of rotatable bonds is 6. The number of anilines is 1. The molecule has 0 aromatic heterocycles. The first-order chi connectivity index (χ1) is 11.4. The van der Waals surface area contributed by atoms with E-state index in [0.717, 1.165) is 0 Å². The molecule has 0 aliphatic carbocycles. The molecule has 24 heavy (non-hydrogen) atoms. The highest BCUT2D eigenvalue weighted by molar-refractivity contribution is 6.33. The van der Waals surface area contributed by atoms with Crippen molar-refractivity contribution in [2.24, 2.45) is 5.10 Å². The Bertz CT molecular complexity index is 782. The monoisotopic (exact) mass is 354 g/mol. The van der Waals surface area contributed by atoms with E-state index in [0.29, 0.717) is 11.3 Å². The van der Waals surface area contributed by atoms with Gasteiger partial charge in [0, 0.05) is 5.56 Å². The van der Waals surface area contributed by atoms with Gasteiger partial charge < -0.3 is 9.84 Å². The molecule has 2 N–H and O–H groups in total. The number of ether oxygens (including phenoxy) is 1. The number of carboxylic acid groups (broad SMARTS) is 1. The lowest BCUT2D eigenvalue weighted by Crippen LogP contribution is -2.08. The van der Waals surface area contributed by atoms with Gasteiger partial charge in [0.1, 0.15) is 5.75 Å². The first kappa shape index (κ1) is 17.7. The number of nitrogens with zero attached hydrogens (tertiary/aromatic N) is 1. The van der Waals surface area contributed by atoms with Gasteiger partial charge in [0.2, 0.25) is 0 Å². The minimum absolute atomic E-state index is 0.0130. The number of halogens is 3. The second-order valence-corrected chi connectivity index (χ2v) is 5.09. The lowest BCUT2D eigenvalue weighted by molar-refractivity contribution is -0.0499. The van der Waals surface area contributed by atoms with Crippen molar-refractivity contribution >= 4 is 29.0 Å². The molecule has 0 fully saturated rings. The number of alkyl halides is 2. The summed E-state index contributed by atoms with van der Waals surface area (Å²) in [6.07, 6.45) is 0. The lowest BCUT2D eigenvalue weighted by Gasteiger charge is -2.11. The summed E-state index contributed by atoms with van der Waals surface area (Å²) >= 11 is 5.98. The number of nitrogens with one attached hydrogen (secondary N) is 1. The van der Waals surface area contributed by atoms with Crippen LogP contribution in [-0.4, -0.2) is 23.4 Å². The number of carbonyl (C=O) groups is 1. The molecule has 2 aromatic carbocycles. The molecule has 2 aromatic rings. The topological polar surface area (TPSA) is 70.9 Å². The second-order valence-electron chi connectivity index (χ2n) is 4.68. The first-order valence-electron chi connectivity index (χ1n) is 6.76. The van der Waals surface area contributed by atoms with Crippen LogP contribution in [0, 0.1) is 0 Å². The van der Waals surface area contributed by atoms with E-state index in [-0.39, 0.29) is 22.0 Å². The summed E-state index contributed by atoms with van der Waals surface area (Å²) in [5.74, 6) is -1.12. The molecule has 0 aliphatic heterocycles. The molecular formula is C16H13ClF2N2O3. The Morgan fingerprint density at radius 2 is 2.00 bits per heavy atom. The van der Waals surface area contributed by atoms with Crippen molar-refractivity contribution in [1.29, 1.82) is 0 Å². The van der Waals surface area contributed by atoms with E-state index < -0.39 is 12.6 Å². The zero-order valence-corrected chi connectivity index (χ0v) is 13.2. The van der Waals surface area contributed by atoms with Gasteiger partial charge in [-0.2, -0.15) is 13.9 Å². The van der Waals surface area contributed by atoms with Crippen LogP contribution in [0.1, 0.15) is 22.8 Å². The zero-order chi connectivity index (χ0) is 17.7. The quantitative estimate of drug-likeness (QED) is 0.593. The molecule has 0 heterocycles. The number of hydrogen-bond donors (Lipinski definition) is 2. The van der Waals surface area contributed by atoms with E-state index in [2.05, 4.69) is 15.3 Å². The largest absolute Gasteiger partial charge is 0.478 e. The minimum Gasteiger partial charge on any atom is -0.478 e. The van der Waals surface area contributed by atoms with Crippen molar-refractivity contribution in [1.82, 2.24) is 0 Å². The van der Waals surface area contributed by atoms with Crippen LogP contribution >= 0.6 is 11.6 Å². The summed E-state index contributed by atoms with van der Waals surface area (Å²) in [7, 11) is 0. The Morgan fingerprint density at radius 3 is 2.67 bits per heavy atom. The molecule has 0 spiro atoms.